The Bertz CT molecular complexity index is 481. The lowest BCUT2D eigenvalue weighted by Gasteiger charge is -2.26. The Kier molecular flexibility index (Phi) is 5.17. The molecule has 2 rings (SSSR count). The van der Waals surface area contributed by atoms with E-state index >= 15 is 0 Å². The molecule has 5 nitrogen and oxygen atoms in total. The number of nitrogens with zero attached hydrogens (tertiary/aromatic N) is 2. The molecule has 20 heavy (non-hydrogen) atoms. The Hall–Kier alpha value is -1.36. The molecule has 0 aromatic carbocycles. The van der Waals surface area contributed by atoms with Crippen molar-refractivity contribution in [2.45, 2.75) is 39.0 Å². The van der Waals surface area contributed by atoms with Crippen molar-refractivity contribution in [3.63, 3.8) is 0 Å². The van der Waals surface area contributed by atoms with Crippen molar-refractivity contribution < 1.29 is 4.92 Å². The first-order valence-electron chi connectivity index (χ1n) is 7.11. The van der Waals surface area contributed by atoms with Crippen LogP contribution >= 0.6 is 11.6 Å². The second-order valence-corrected chi connectivity index (χ2v) is 6.00. The molecule has 2 unspecified atom stereocenters. The van der Waals surface area contributed by atoms with E-state index in [0.29, 0.717) is 12.5 Å². The molecule has 0 bridgehead atoms. The summed E-state index contributed by atoms with van der Waals surface area (Å²) in [5.41, 5.74) is -0.0218. The highest BCUT2D eigenvalue weighted by Gasteiger charge is 2.19. The largest absolute Gasteiger partial charge is 0.364 e. The highest BCUT2D eigenvalue weighted by molar-refractivity contribution is 6.29. The fourth-order valence-corrected chi connectivity index (χ4v) is 3.07. The minimum absolute atomic E-state index is 0.0218. The first-order chi connectivity index (χ1) is 9.56. The predicted octanol–water partition coefficient (Wildman–Crippen LogP) is 4.27. The number of anilines is 1. The molecule has 2 atom stereocenters. The summed E-state index contributed by atoms with van der Waals surface area (Å²) in [6.45, 7) is 2.99. The van der Waals surface area contributed by atoms with E-state index in [2.05, 4.69) is 17.2 Å². The van der Waals surface area contributed by atoms with Crippen LogP contribution in [0.25, 0.3) is 0 Å². The summed E-state index contributed by atoms with van der Waals surface area (Å²) < 4.78 is 0. The number of halogens is 1. The van der Waals surface area contributed by atoms with E-state index in [1.165, 1.54) is 37.8 Å². The van der Waals surface area contributed by atoms with Crippen LogP contribution in [0.5, 0.6) is 0 Å². The van der Waals surface area contributed by atoms with Crippen molar-refractivity contribution in [1.82, 2.24) is 4.98 Å². The van der Waals surface area contributed by atoms with Gasteiger partial charge in [0.1, 0.15) is 5.15 Å². The van der Waals surface area contributed by atoms with E-state index in [0.717, 1.165) is 12.3 Å². The molecule has 0 radical (unpaired) electrons. The molecule has 1 heterocycles. The topological polar surface area (TPSA) is 68.1 Å². The second-order valence-electron chi connectivity index (χ2n) is 5.61. The Morgan fingerprint density at radius 1 is 1.50 bits per heavy atom. The van der Waals surface area contributed by atoms with Gasteiger partial charge < -0.3 is 5.32 Å². The first-order valence-corrected chi connectivity index (χ1v) is 7.49. The zero-order valence-corrected chi connectivity index (χ0v) is 12.4. The lowest BCUT2D eigenvalue weighted by molar-refractivity contribution is -0.384. The van der Waals surface area contributed by atoms with E-state index in [1.54, 1.807) is 0 Å². The summed E-state index contributed by atoms with van der Waals surface area (Å²) in [4.78, 5) is 14.5. The van der Waals surface area contributed by atoms with Crippen molar-refractivity contribution in [3.8, 4) is 0 Å². The standard InChI is InChI=1S/C14H20ClN3O2/c1-10-3-2-4-11(9-10)7-8-16-14-12(18(19)20)5-6-13(15)17-14/h5-6,10-11H,2-4,7-9H2,1H3,(H,16,17). The molecule has 1 aromatic rings. The van der Waals surface area contributed by atoms with E-state index in [1.807, 2.05) is 0 Å². The molecule has 0 saturated heterocycles. The summed E-state index contributed by atoms with van der Waals surface area (Å²) in [5.74, 6) is 1.78. The van der Waals surface area contributed by atoms with Gasteiger partial charge in [-0.15, -0.1) is 0 Å². The Morgan fingerprint density at radius 2 is 2.30 bits per heavy atom. The number of rotatable bonds is 5. The van der Waals surface area contributed by atoms with Gasteiger partial charge in [-0.2, -0.15) is 0 Å². The van der Waals surface area contributed by atoms with Crippen LogP contribution in [0.3, 0.4) is 0 Å². The fourth-order valence-electron chi connectivity index (χ4n) is 2.92. The van der Waals surface area contributed by atoms with Crippen molar-refractivity contribution in [2.24, 2.45) is 11.8 Å². The normalized spacial score (nSPS) is 22.5. The van der Waals surface area contributed by atoms with Crippen molar-refractivity contribution in [3.05, 3.63) is 27.4 Å². The van der Waals surface area contributed by atoms with Crippen LogP contribution in [0.2, 0.25) is 5.15 Å². The lowest BCUT2D eigenvalue weighted by atomic mass is 9.81. The second kappa shape index (κ2) is 6.88. The van der Waals surface area contributed by atoms with E-state index in [-0.39, 0.29) is 16.7 Å². The fraction of sp³-hybridized carbons (Fsp3) is 0.643. The summed E-state index contributed by atoms with van der Waals surface area (Å²) in [6.07, 6.45) is 6.16. The molecule has 0 amide bonds. The molecule has 1 aliphatic carbocycles. The number of hydrogen-bond donors (Lipinski definition) is 1. The third-order valence-electron chi connectivity index (χ3n) is 3.93. The van der Waals surface area contributed by atoms with Crippen molar-refractivity contribution in [1.29, 1.82) is 0 Å². The van der Waals surface area contributed by atoms with Gasteiger partial charge in [-0.25, -0.2) is 4.98 Å². The zero-order chi connectivity index (χ0) is 14.5. The Morgan fingerprint density at radius 3 is 3.00 bits per heavy atom. The van der Waals surface area contributed by atoms with E-state index < -0.39 is 4.92 Å². The van der Waals surface area contributed by atoms with Crippen LogP contribution in [0.15, 0.2) is 12.1 Å². The van der Waals surface area contributed by atoms with Crippen molar-refractivity contribution in [2.75, 3.05) is 11.9 Å². The number of pyridine rings is 1. The van der Waals surface area contributed by atoms with Gasteiger partial charge in [0.2, 0.25) is 5.82 Å². The molecule has 1 aromatic heterocycles. The summed E-state index contributed by atoms with van der Waals surface area (Å²) >= 11 is 5.79. The summed E-state index contributed by atoms with van der Waals surface area (Å²) in [6, 6.07) is 2.83. The minimum atomic E-state index is -0.436. The Balaban J connectivity index is 1.90. The van der Waals surface area contributed by atoms with Gasteiger partial charge in [-0.3, -0.25) is 10.1 Å². The Labute approximate surface area is 123 Å². The monoisotopic (exact) mass is 297 g/mol. The molecule has 0 spiro atoms. The van der Waals surface area contributed by atoms with Crippen LogP contribution in [0.1, 0.15) is 39.0 Å². The third kappa shape index (κ3) is 4.07. The summed E-state index contributed by atoms with van der Waals surface area (Å²) in [5, 5.41) is 14.3. The highest BCUT2D eigenvalue weighted by atomic mass is 35.5. The van der Waals surface area contributed by atoms with Gasteiger partial charge in [-0.05, 0) is 30.7 Å². The average Bonchev–Trinajstić information content (AvgIpc) is 2.38. The smallest absolute Gasteiger partial charge is 0.311 e. The van der Waals surface area contributed by atoms with Crippen molar-refractivity contribution >= 4 is 23.1 Å². The van der Waals surface area contributed by atoms with Crippen LogP contribution in [0, 0.1) is 22.0 Å². The average molecular weight is 298 g/mol. The highest BCUT2D eigenvalue weighted by Crippen LogP contribution is 2.31. The van der Waals surface area contributed by atoms with Gasteiger partial charge in [0.05, 0.1) is 4.92 Å². The first kappa shape index (κ1) is 15.0. The van der Waals surface area contributed by atoms with Crippen LogP contribution < -0.4 is 5.32 Å². The molecule has 0 aliphatic heterocycles. The quantitative estimate of drug-likeness (QED) is 0.500. The third-order valence-corrected chi connectivity index (χ3v) is 4.14. The zero-order valence-electron chi connectivity index (χ0n) is 11.6. The molecule has 1 aliphatic rings. The number of nitro groups is 1. The van der Waals surface area contributed by atoms with Crippen LogP contribution in [-0.4, -0.2) is 16.5 Å². The summed E-state index contributed by atoms with van der Waals surface area (Å²) in [7, 11) is 0. The van der Waals surface area contributed by atoms with Gasteiger partial charge in [0.25, 0.3) is 0 Å². The number of aromatic nitrogens is 1. The molecule has 6 heteroatoms. The van der Waals surface area contributed by atoms with Gasteiger partial charge >= 0.3 is 5.69 Å². The molecule has 1 fully saturated rings. The van der Waals surface area contributed by atoms with E-state index in [9.17, 15) is 10.1 Å². The number of hydrogen-bond acceptors (Lipinski definition) is 4. The molecule has 1 N–H and O–H groups in total. The molecular weight excluding hydrogens is 278 g/mol. The molecule has 1 saturated carbocycles. The maximum absolute atomic E-state index is 10.9. The lowest BCUT2D eigenvalue weighted by Crippen LogP contribution is -2.17. The van der Waals surface area contributed by atoms with E-state index in [4.69, 9.17) is 11.6 Å². The SMILES string of the molecule is CC1CCCC(CCNc2nc(Cl)ccc2[N+](=O)[O-])C1. The maximum Gasteiger partial charge on any atom is 0.311 e. The van der Waals surface area contributed by atoms with Gasteiger partial charge in [0.15, 0.2) is 0 Å². The maximum atomic E-state index is 10.9. The number of nitrogens with one attached hydrogen (secondary N) is 1. The van der Waals surface area contributed by atoms with Gasteiger partial charge in [-0.1, -0.05) is 37.8 Å². The molecular formula is C14H20ClN3O2. The van der Waals surface area contributed by atoms with Gasteiger partial charge in [0, 0.05) is 12.6 Å². The molecule has 110 valence electrons. The van der Waals surface area contributed by atoms with Crippen LogP contribution in [0.4, 0.5) is 11.5 Å². The van der Waals surface area contributed by atoms with Crippen LogP contribution in [-0.2, 0) is 0 Å². The predicted molar refractivity (Wildman–Crippen MR) is 80.1 cm³/mol. The minimum Gasteiger partial charge on any atom is -0.364 e.